The number of hydrogen-bond acceptors (Lipinski definition) is 5. The summed E-state index contributed by atoms with van der Waals surface area (Å²) in [6.45, 7) is 1.75. The highest BCUT2D eigenvalue weighted by Gasteiger charge is 2.39. The van der Waals surface area contributed by atoms with E-state index in [9.17, 15) is 8.42 Å². The van der Waals surface area contributed by atoms with E-state index >= 15 is 0 Å². The molecule has 0 bridgehead atoms. The maximum absolute atomic E-state index is 13.3. The van der Waals surface area contributed by atoms with E-state index in [1.165, 1.54) is 6.26 Å². The van der Waals surface area contributed by atoms with Gasteiger partial charge in [-0.05, 0) is 25.5 Å². The predicted molar refractivity (Wildman–Crippen MR) is 98.5 cm³/mol. The van der Waals surface area contributed by atoms with Crippen molar-refractivity contribution in [3.05, 3.63) is 66.4 Å². The number of nitrogens with zero attached hydrogens (tertiary/aromatic N) is 2. The highest BCUT2D eigenvalue weighted by molar-refractivity contribution is 7.93. The normalized spacial score (nSPS) is 20.0. The molecule has 0 saturated carbocycles. The summed E-state index contributed by atoms with van der Waals surface area (Å²) in [6.07, 6.45) is 10.6. The number of allylic oxidation sites excluding steroid dienone is 3. The number of sulfone groups is 1. The van der Waals surface area contributed by atoms with E-state index in [1.807, 2.05) is 24.3 Å². The topological polar surface area (TPSA) is 88.9 Å². The number of aromatic nitrogens is 3. The van der Waals surface area contributed by atoms with Gasteiger partial charge in [-0.25, -0.2) is 13.4 Å². The number of imidazole rings is 1. The lowest BCUT2D eigenvalue weighted by Crippen LogP contribution is -2.33. The first-order valence-corrected chi connectivity index (χ1v) is 9.94. The van der Waals surface area contributed by atoms with Gasteiger partial charge in [-0.2, -0.15) is 0 Å². The van der Waals surface area contributed by atoms with E-state index in [1.54, 1.807) is 31.2 Å². The van der Waals surface area contributed by atoms with Crippen molar-refractivity contribution < 1.29 is 12.9 Å². The Morgan fingerprint density at radius 2 is 2.12 bits per heavy atom. The van der Waals surface area contributed by atoms with E-state index in [2.05, 4.69) is 15.1 Å². The lowest BCUT2D eigenvalue weighted by Gasteiger charge is -2.26. The average molecular weight is 369 g/mol. The fourth-order valence-electron chi connectivity index (χ4n) is 3.16. The number of nitrogens with one attached hydrogen (secondary N) is 1. The number of rotatable bonds is 5. The Kier molecular flexibility index (Phi) is 4.03. The number of aromatic amines is 1. The minimum Gasteiger partial charge on any atom is -0.365 e. The molecule has 26 heavy (non-hydrogen) atoms. The highest BCUT2D eigenvalue weighted by Crippen LogP contribution is 2.35. The van der Waals surface area contributed by atoms with E-state index in [4.69, 9.17) is 4.52 Å². The second-order valence-corrected chi connectivity index (χ2v) is 9.01. The van der Waals surface area contributed by atoms with E-state index in [-0.39, 0.29) is 4.90 Å². The second kappa shape index (κ2) is 6.25. The molecule has 1 aromatic carbocycles. The summed E-state index contributed by atoms with van der Waals surface area (Å²) in [5.74, 6) is 0.731. The van der Waals surface area contributed by atoms with Gasteiger partial charge in [0.05, 0.1) is 20.9 Å². The van der Waals surface area contributed by atoms with Crippen molar-refractivity contribution in [3.8, 4) is 0 Å². The van der Waals surface area contributed by atoms with Gasteiger partial charge in [-0.1, -0.05) is 35.5 Å². The van der Waals surface area contributed by atoms with Crippen LogP contribution < -0.4 is 0 Å². The number of H-pyrrole nitrogens is 1. The first-order valence-electron chi connectivity index (χ1n) is 8.45. The molecule has 0 saturated heterocycles. The summed E-state index contributed by atoms with van der Waals surface area (Å²) in [6, 6.07) is 7.04. The van der Waals surface area contributed by atoms with Crippen molar-refractivity contribution in [3.63, 3.8) is 0 Å². The third-order valence-electron chi connectivity index (χ3n) is 4.76. The molecule has 0 spiro atoms. The lowest BCUT2D eigenvalue weighted by molar-refractivity contribution is 0.411. The smallest absolute Gasteiger partial charge is 0.189 e. The Balaban J connectivity index is 1.71. The zero-order valence-electron chi connectivity index (χ0n) is 14.3. The van der Waals surface area contributed by atoms with Crippen molar-refractivity contribution in [1.29, 1.82) is 0 Å². The quantitative estimate of drug-likeness (QED) is 0.745. The minimum atomic E-state index is -3.58. The van der Waals surface area contributed by atoms with Crippen molar-refractivity contribution in [2.75, 3.05) is 0 Å². The molecule has 1 aliphatic carbocycles. The molecule has 0 radical (unpaired) electrons. The number of para-hydroxylation sites is 1. The maximum atomic E-state index is 13.3. The van der Waals surface area contributed by atoms with Crippen LogP contribution in [0.5, 0.6) is 0 Å². The van der Waals surface area contributed by atoms with Crippen LogP contribution in [0.15, 0.2) is 64.3 Å². The zero-order valence-corrected chi connectivity index (χ0v) is 15.2. The molecular formula is C19H19N3O3S. The van der Waals surface area contributed by atoms with Crippen LogP contribution in [0.25, 0.3) is 11.0 Å². The molecule has 0 aliphatic heterocycles. The fraction of sp³-hybridized carbons (Fsp3) is 0.263. The Labute approximate surface area is 151 Å². The Morgan fingerprint density at radius 3 is 2.85 bits per heavy atom. The SMILES string of the molecule is CC1(S(=O)(=O)c2cccc3[nH]c(CCc4ccon4)nc23)C=CC=CC1. The molecule has 0 fully saturated rings. The molecule has 2 aromatic heterocycles. The molecular weight excluding hydrogens is 350 g/mol. The molecule has 1 aliphatic rings. The zero-order chi connectivity index (χ0) is 18.2. The molecule has 1 atom stereocenters. The van der Waals surface area contributed by atoms with Crippen LogP contribution in [-0.4, -0.2) is 28.3 Å². The summed E-state index contributed by atoms with van der Waals surface area (Å²) in [5.41, 5.74) is 2.05. The van der Waals surface area contributed by atoms with Crippen LogP contribution in [0.4, 0.5) is 0 Å². The maximum Gasteiger partial charge on any atom is 0.189 e. The van der Waals surface area contributed by atoms with Gasteiger partial charge >= 0.3 is 0 Å². The predicted octanol–water partition coefficient (Wildman–Crippen LogP) is 3.38. The summed E-state index contributed by atoms with van der Waals surface area (Å²) in [5, 5.41) is 3.89. The third kappa shape index (κ3) is 2.78. The van der Waals surface area contributed by atoms with Crippen LogP contribution >= 0.6 is 0 Å². The summed E-state index contributed by atoms with van der Waals surface area (Å²) in [4.78, 5) is 8.05. The minimum absolute atomic E-state index is 0.265. The van der Waals surface area contributed by atoms with Crippen molar-refractivity contribution >= 4 is 20.9 Å². The summed E-state index contributed by atoms with van der Waals surface area (Å²) in [7, 11) is -3.58. The van der Waals surface area contributed by atoms with Crippen LogP contribution in [0.1, 0.15) is 24.9 Å². The van der Waals surface area contributed by atoms with E-state index in [0.717, 1.165) is 17.0 Å². The number of hydrogen-bond donors (Lipinski definition) is 1. The van der Waals surface area contributed by atoms with E-state index < -0.39 is 14.6 Å². The Hall–Kier alpha value is -2.67. The molecule has 2 heterocycles. The first kappa shape index (κ1) is 16.8. The Morgan fingerprint density at radius 1 is 1.23 bits per heavy atom. The molecule has 4 rings (SSSR count). The van der Waals surface area contributed by atoms with Gasteiger partial charge in [-0.15, -0.1) is 0 Å². The summed E-state index contributed by atoms with van der Waals surface area (Å²) < 4.78 is 30.5. The fourth-order valence-corrected chi connectivity index (χ4v) is 4.91. The Bertz CT molecular complexity index is 1090. The number of benzene rings is 1. The molecule has 1 unspecified atom stereocenters. The second-order valence-electron chi connectivity index (χ2n) is 6.63. The van der Waals surface area contributed by atoms with Gasteiger partial charge in [0.25, 0.3) is 0 Å². The largest absolute Gasteiger partial charge is 0.365 e. The van der Waals surface area contributed by atoms with Gasteiger partial charge in [-0.3, -0.25) is 0 Å². The molecule has 3 aromatic rings. The monoisotopic (exact) mass is 369 g/mol. The van der Waals surface area contributed by atoms with E-state index in [0.29, 0.717) is 24.8 Å². The number of aryl methyl sites for hydroxylation is 2. The molecule has 7 heteroatoms. The lowest BCUT2D eigenvalue weighted by atomic mass is 10.0. The molecule has 134 valence electrons. The van der Waals surface area contributed by atoms with Crippen LogP contribution in [0.3, 0.4) is 0 Å². The van der Waals surface area contributed by atoms with Gasteiger partial charge in [0.1, 0.15) is 17.6 Å². The summed E-state index contributed by atoms with van der Waals surface area (Å²) >= 11 is 0. The van der Waals surface area contributed by atoms with Gasteiger partial charge in [0, 0.05) is 18.9 Å². The highest BCUT2D eigenvalue weighted by atomic mass is 32.2. The standard InChI is InChI=1S/C19H19N3O3S/c1-19(11-3-2-4-12-19)26(23,24)16-7-5-6-15-18(16)21-17(20-15)9-8-14-10-13-25-22-14/h2-7,10-11,13H,8-9,12H2,1H3,(H,20,21). The van der Waals surface area contributed by atoms with Crippen molar-refractivity contribution in [2.24, 2.45) is 0 Å². The number of fused-ring (bicyclic) bond motifs is 1. The molecule has 0 amide bonds. The van der Waals surface area contributed by atoms with Crippen LogP contribution in [-0.2, 0) is 22.7 Å². The van der Waals surface area contributed by atoms with Crippen molar-refractivity contribution in [2.45, 2.75) is 35.8 Å². The molecule has 6 nitrogen and oxygen atoms in total. The average Bonchev–Trinajstić information content (AvgIpc) is 3.29. The third-order valence-corrected chi connectivity index (χ3v) is 7.20. The van der Waals surface area contributed by atoms with Gasteiger partial charge in [0.15, 0.2) is 9.84 Å². The van der Waals surface area contributed by atoms with Gasteiger partial charge in [0.2, 0.25) is 0 Å². The first-order chi connectivity index (χ1) is 12.5. The van der Waals surface area contributed by atoms with Crippen molar-refractivity contribution in [1.82, 2.24) is 15.1 Å². The van der Waals surface area contributed by atoms with Gasteiger partial charge < -0.3 is 9.51 Å². The molecule has 1 N–H and O–H groups in total. The van der Waals surface area contributed by atoms with Crippen LogP contribution in [0, 0.1) is 0 Å². The van der Waals surface area contributed by atoms with Crippen LogP contribution in [0.2, 0.25) is 0 Å².